The Morgan fingerprint density at radius 2 is 0.478 bits per heavy atom. The third kappa shape index (κ3) is 18.0. The fourth-order valence-electron chi connectivity index (χ4n) is 11.0. The summed E-state index contributed by atoms with van der Waals surface area (Å²) in [5.41, 5.74) is 17.5. The molecule has 0 unspecified atom stereocenters. The van der Waals surface area contributed by atoms with Crippen molar-refractivity contribution in [2.45, 2.75) is 178 Å². The lowest BCUT2D eigenvalue weighted by molar-refractivity contribution is 0.00578. The molecule has 0 spiro atoms. The summed E-state index contributed by atoms with van der Waals surface area (Å²) < 4.78 is 27.4. The van der Waals surface area contributed by atoms with Crippen LogP contribution in [0.15, 0.2) is 227 Å². The van der Waals surface area contributed by atoms with Crippen LogP contribution in [0.1, 0.15) is 150 Å². The van der Waals surface area contributed by atoms with Gasteiger partial charge in [0.25, 0.3) is 0 Å². The van der Waals surface area contributed by atoms with Gasteiger partial charge >= 0.3 is 14.2 Å². The predicted octanol–water partition coefficient (Wildman–Crippen LogP) is 22.9. The molecule has 9 aromatic rings. The van der Waals surface area contributed by atoms with Crippen molar-refractivity contribution in [1.82, 2.24) is 0 Å². The van der Waals surface area contributed by atoms with Crippen LogP contribution in [-0.4, -0.2) is 36.6 Å². The smallest absolute Gasteiger partial charge is 0.399 e. The van der Waals surface area contributed by atoms with Gasteiger partial charge in [-0.3, -0.25) is 0 Å². The molecule has 0 radical (unpaired) electrons. The summed E-state index contributed by atoms with van der Waals surface area (Å²) in [5.74, 6) is 0. The van der Waals surface area contributed by atoms with E-state index < -0.39 is 0 Å². The Morgan fingerprint density at radius 3 is 0.685 bits per heavy atom. The molecule has 9 aromatic carbocycles. The van der Waals surface area contributed by atoms with E-state index in [0.29, 0.717) is 0 Å². The van der Waals surface area contributed by atoms with Crippen LogP contribution in [0.4, 0.5) is 51.2 Å². The van der Waals surface area contributed by atoms with Gasteiger partial charge in [0.1, 0.15) is 0 Å². The molecule has 0 bridgehead atoms. The van der Waals surface area contributed by atoms with Gasteiger partial charge in [-0.2, -0.15) is 0 Å². The molecule has 0 N–H and O–H groups in total. The second kappa shape index (κ2) is 32.0. The Bertz CT molecular complexity index is 3350. The van der Waals surface area contributed by atoms with Crippen molar-refractivity contribution in [2.24, 2.45) is 0 Å². The molecular formula is C81H97B2Br2N3O4. The Morgan fingerprint density at radius 1 is 0.293 bits per heavy atom. The second-order valence-electron chi connectivity index (χ2n) is 26.3. The fourth-order valence-corrected chi connectivity index (χ4v) is 11.5. The number of hydrogen-bond donors (Lipinski definition) is 0. The number of unbranched alkanes of at least 4 members (excludes halogenated alkanes) is 3. The third-order valence-corrected chi connectivity index (χ3v) is 19.2. The van der Waals surface area contributed by atoms with Gasteiger partial charge in [-0.25, -0.2) is 0 Å². The molecule has 480 valence electrons. The highest BCUT2D eigenvalue weighted by molar-refractivity contribution is 9.10. The summed E-state index contributed by atoms with van der Waals surface area (Å²) in [6, 6.07) is 78.2. The van der Waals surface area contributed by atoms with Crippen LogP contribution in [0.25, 0.3) is 0 Å². The SMILES string of the molecule is C.CCCCc1ccc(N(c2ccc(B3OC(C)(C)C(C)(C)O3)cc2)c2ccc(B3OC(C)(C)C(C)(C)O3)cc2)cc1.CCCCc1ccc(N(c2ccc(Br)cc2)c2ccc(Br)cc2)cc1.CCCCc1ccc(N(c2ccc(C)cc2)c2ccc(C)cc2)cc1. The first-order valence-corrected chi connectivity index (χ1v) is 34.4. The van der Waals surface area contributed by atoms with Gasteiger partial charge in [0.05, 0.1) is 22.4 Å². The summed E-state index contributed by atoms with van der Waals surface area (Å²) in [6.45, 7) is 27.6. The first-order valence-electron chi connectivity index (χ1n) is 32.8. The average molecular weight is 1360 g/mol. The van der Waals surface area contributed by atoms with Crippen molar-refractivity contribution in [1.29, 1.82) is 0 Å². The summed E-state index contributed by atoms with van der Waals surface area (Å²) in [6.07, 6.45) is 10.7. The number of benzene rings is 9. The maximum Gasteiger partial charge on any atom is 0.494 e. The minimum Gasteiger partial charge on any atom is -0.399 e. The van der Waals surface area contributed by atoms with Gasteiger partial charge in [0, 0.05) is 60.1 Å². The summed E-state index contributed by atoms with van der Waals surface area (Å²) in [5, 5.41) is 0. The molecule has 0 atom stereocenters. The molecule has 0 aliphatic carbocycles. The third-order valence-electron chi connectivity index (χ3n) is 18.1. The van der Waals surface area contributed by atoms with Gasteiger partial charge in [-0.15, -0.1) is 0 Å². The molecule has 7 nitrogen and oxygen atoms in total. The Balaban J connectivity index is 0.000000186. The molecule has 2 fully saturated rings. The Labute approximate surface area is 570 Å². The van der Waals surface area contributed by atoms with Crippen molar-refractivity contribution >= 4 is 108 Å². The van der Waals surface area contributed by atoms with Crippen molar-refractivity contribution in [3.05, 3.63) is 255 Å². The highest BCUT2D eigenvalue weighted by Crippen LogP contribution is 2.41. The standard InChI is InChI=1S/C34H45B2NO4.C24H27N.C22H21Br2N.CH4/c1-10-11-12-25-13-19-28(20-14-25)37(29-21-15-26(16-22-29)35-38-31(2,3)32(4,5)39-35)30-23-17-27(18-24-30)36-40-33(6,7)34(8,9)41-36;1-4-5-6-21-11-17-24(18-12-21)25(22-13-7-19(2)8-14-22)23-15-9-20(3)10-16-23;1-2-3-4-17-5-11-20(12-6-17)25(21-13-7-18(23)8-14-21)22-15-9-19(24)10-16-22;/h13-24H,10-12H2,1-9H3;7-18H,4-6H2,1-3H3;5-16H,2-4H2,1H3;1H4. The van der Waals surface area contributed by atoms with E-state index in [0.717, 1.165) is 67.6 Å². The van der Waals surface area contributed by atoms with Crippen molar-refractivity contribution in [3.63, 3.8) is 0 Å². The van der Waals surface area contributed by atoms with E-state index in [1.54, 1.807) is 0 Å². The van der Waals surface area contributed by atoms with E-state index >= 15 is 0 Å². The Kier molecular flexibility index (Phi) is 24.7. The number of halogens is 2. The zero-order chi connectivity index (χ0) is 64.9. The molecule has 2 aliphatic heterocycles. The topological polar surface area (TPSA) is 46.6 Å². The van der Waals surface area contributed by atoms with Crippen LogP contribution in [0.3, 0.4) is 0 Å². The zero-order valence-corrected chi connectivity index (χ0v) is 59.2. The molecule has 0 amide bonds. The lowest BCUT2D eigenvalue weighted by Crippen LogP contribution is -2.41. The van der Waals surface area contributed by atoms with Gasteiger partial charge in [-0.1, -0.05) is 175 Å². The maximum atomic E-state index is 6.30. The number of nitrogens with zero attached hydrogens (tertiary/aromatic N) is 3. The molecular weight excluding hydrogens is 1260 g/mol. The second-order valence-corrected chi connectivity index (χ2v) is 28.1. The van der Waals surface area contributed by atoms with E-state index in [2.05, 4.69) is 355 Å². The molecule has 0 aromatic heterocycles. The van der Waals surface area contributed by atoms with Crippen LogP contribution in [0, 0.1) is 13.8 Å². The lowest BCUT2D eigenvalue weighted by Gasteiger charge is -2.32. The maximum absolute atomic E-state index is 6.30. The first-order chi connectivity index (χ1) is 43.6. The highest BCUT2D eigenvalue weighted by atomic mass is 79.9. The molecule has 2 heterocycles. The Hall–Kier alpha value is -6.69. The van der Waals surface area contributed by atoms with E-state index in [1.165, 1.54) is 89.1 Å². The van der Waals surface area contributed by atoms with Crippen LogP contribution >= 0.6 is 31.9 Å². The number of aryl methyl sites for hydroxylation is 5. The summed E-state index contributed by atoms with van der Waals surface area (Å²) in [4.78, 5) is 6.89. The molecule has 2 aliphatic rings. The van der Waals surface area contributed by atoms with Gasteiger partial charge in [0.2, 0.25) is 0 Å². The fraction of sp³-hybridized carbons (Fsp3) is 0.333. The monoisotopic (exact) mass is 1360 g/mol. The summed E-state index contributed by atoms with van der Waals surface area (Å²) in [7, 11) is -0.779. The first kappa shape index (κ1) is 71.2. The van der Waals surface area contributed by atoms with E-state index in [1.807, 2.05) is 0 Å². The van der Waals surface area contributed by atoms with Gasteiger partial charge < -0.3 is 33.3 Å². The minimum absolute atomic E-state index is 0. The predicted molar refractivity (Wildman–Crippen MR) is 402 cm³/mol. The average Bonchev–Trinajstić information content (AvgIpc) is 1.54. The quantitative estimate of drug-likeness (QED) is 0.0705. The van der Waals surface area contributed by atoms with Crippen molar-refractivity contribution in [3.8, 4) is 0 Å². The van der Waals surface area contributed by atoms with E-state index in [9.17, 15) is 0 Å². The van der Waals surface area contributed by atoms with Crippen molar-refractivity contribution < 1.29 is 18.6 Å². The van der Waals surface area contributed by atoms with Crippen LogP contribution in [-0.2, 0) is 37.9 Å². The lowest BCUT2D eigenvalue weighted by atomic mass is 9.79. The van der Waals surface area contributed by atoms with Crippen LogP contribution in [0.5, 0.6) is 0 Å². The molecule has 2 saturated heterocycles. The van der Waals surface area contributed by atoms with Crippen LogP contribution < -0.4 is 25.6 Å². The largest absolute Gasteiger partial charge is 0.494 e. The zero-order valence-electron chi connectivity index (χ0n) is 56.0. The molecule has 11 heteroatoms. The van der Waals surface area contributed by atoms with Gasteiger partial charge in [0.15, 0.2) is 0 Å². The van der Waals surface area contributed by atoms with E-state index in [-0.39, 0.29) is 44.1 Å². The van der Waals surface area contributed by atoms with E-state index in [4.69, 9.17) is 18.6 Å². The number of hydrogen-bond acceptors (Lipinski definition) is 7. The normalized spacial score (nSPS) is 14.9. The van der Waals surface area contributed by atoms with Crippen molar-refractivity contribution in [2.75, 3.05) is 14.7 Å². The number of anilines is 9. The molecule has 0 saturated carbocycles. The summed E-state index contributed by atoms with van der Waals surface area (Å²) >= 11 is 7.05. The molecule has 11 rings (SSSR count). The highest BCUT2D eigenvalue weighted by Gasteiger charge is 2.53. The minimum atomic E-state index is -0.389. The van der Waals surface area contributed by atoms with Gasteiger partial charge in [-0.05, 0) is 269 Å². The molecule has 92 heavy (non-hydrogen) atoms. The number of rotatable bonds is 20. The van der Waals surface area contributed by atoms with Crippen LogP contribution in [0.2, 0.25) is 0 Å².